The second-order valence-electron chi connectivity index (χ2n) is 6.34. The molecule has 3 rings (SSSR count). The predicted octanol–water partition coefficient (Wildman–Crippen LogP) is 3.88. The number of amides is 2. The van der Waals surface area contributed by atoms with E-state index in [0.29, 0.717) is 13.1 Å². The smallest absolute Gasteiger partial charge is 0.314 e. The zero-order valence-electron chi connectivity index (χ0n) is 14.7. The first-order chi connectivity index (χ1) is 12.2. The zero-order chi connectivity index (χ0) is 17.5. The lowest BCUT2D eigenvalue weighted by molar-refractivity contribution is 0.240. The van der Waals surface area contributed by atoms with Crippen LogP contribution in [0.3, 0.4) is 0 Å². The first-order valence-electron chi connectivity index (χ1n) is 8.83. The minimum absolute atomic E-state index is 0.0926. The Hall–Kier alpha value is -2.75. The fraction of sp³-hybridized carbons (Fsp3) is 0.286. The van der Waals surface area contributed by atoms with Crippen molar-refractivity contribution in [3.63, 3.8) is 0 Å². The molecule has 0 radical (unpaired) electrons. The average molecular weight is 335 g/mol. The summed E-state index contributed by atoms with van der Waals surface area (Å²) in [7, 11) is 0. The van der Waals surface area contributed by atoms with E-state index in [9.17, 15) is 4.79 Å². The molecule has 0 aliphatic rings. The molecule has 0 aliphatic carbocycles. The molecule has 0 aliphatic heterocycles. The molecule has 0 fully saturated rings. The van der Waals surface area contributed by atoms with Crippen molar-refractivity contribution in [1.29, 1.82) is 0 Å². The standard InChI is InChI=1S/C21H25N3O/c1-17-6-4-7-18(16-17)10-13-23-21(25)22-12-5-14-24-15-11-19-8-2-3-9-20(19)24/h2-4,6-9,11,15-16H,5,10,12-14H2,1H3,(H2,22,23,25). The van der Waals surface area contributed by atoms with Gasteiger partial charge in [0, 0.05) is 31.3 Å². The molecule has 0 spiro atoms. The Balaban J connectivity index is 1.34. The van der Waals surface area contributed by atoms with Crippen molar-refractivity contribution in [2.24, 2.45) is 0 Å². The van der Waals surface area contributed by atoms with Crippen LogP contribution in [0.2, 0.25) is 0 Å². The Labute approximate surface area is 148 Å². The number of aryl methyl sites for hydroxylation is 2. The quantitative estimate of drug-likeness (QED) is 0.632. The topological polar surface area (TPSA) is 46.1 Å². The van der Waals surface area contributed by atoms with Gasteiger partial charge in [-0.05, 0) is 42.8 Å². The molecule has 0 unspecified atom stereocenters. The number of nitrogens with one attached hydrogen (secondary N) is 2. The molecule has 4 nitrogen and oxygen atoms in total. The number of hydrogen-bond donors (Lipinski definition) is 2. The summed E-state index contributed by atoms with van der Waals surface area (Å²) in [6.45, 7) is 4.30. The Morgan fingerprint density at radius 3 is 2.72 bits per heavy atom. The third kappa shape index (κ3) is 4.86. The zero-order valence-corrected chi connectivity index (χ0v) is 14.7. The van der Waals surface area contributed by atoms with Gasteiger partial charge in [0.15, 0.2) is 0 Å². The number of urea groups is 1. The van der Waals surface area contributed by atoms with Crippen molar-refractivity contribution in [3.8, 4) is 0 Å². The predicted molar refractivity (Wildman–Crippen MR) is 103 cm³/mol. The van der Waals surface area contributed by atoms with E-state index in [1.165, 1.54) is 22.0 Å². The van der Waals surface area contributed by atoms with Gasteiger partial charge in [-0.2, -0.15) is 0 Å². The number of aromatic nitrogens is 1. The van der Waals surface area contributed by atoms with Crippen LogP contribution in [0.1, 0.15) is 17.5 Å². The van der Waals surface area contributed by atoms with Crippen molar-refractivity contribution in [2.45, 2.75) is 26.3 Å². The van der Waals surface area contributed by atoms with E-state index in [2.05, 4.69) is 82.9 Å². The van der Waals surface area contributed by atoms with Crippen LogP contribution in [0.15, 0.2) is 60.8 Å². The number of carbonyl (C=O) groups is 1. The van der Waals surface area contributed by atoms with Crippen molar-refractivity contribution < 1.29 is 4.79 Å². The van der Waals surface area contributed by atoms with Gasteiger partial charge in [-0.15, -0.1) is 0 Å². The summed E-state index contributed by atoms with van der Waals surface area (Å²) >= 11 is 0. The summed E-state index contributed by atoms with van der Waals surface area (Å²) in [6, 6.07) is 18.8. The first-order valence-corrected chi connectivity index (χ1v) is 8.83. The number of benzene rings is 2. The summed E-state index contributed by atoms with van der Waals surface area (Å²) in [5, 5.41) is 7.10. The summed E-state index contributed by atoms with van der Waals surface area (Å²) in [4.78, 5) is 11.8. The molecule has 25 heavy (non-hydrogen) atoms. The maximum absolute atomic E-state index is 11.8. The number of carbonyl (C=O) groups excluding carboxylic acids is 1. The maximum atomic E-state index is 11.8. The number of fused-ring (bicyclic) bond motifs is 1. The van der Waals surface area contributed by atoms with Gasteiger partial charge in [0.05, 0.1) is 0 Å². The molecule has 0 saturated heterocycles. The lowest BCUT2D eigenvalue weighted by atomic mass is 10.1. The summed E-state index contributed by atoms with van der Waals surface area (Å²) in [5.74, 6) is 0. The van der Waals surface area contributed by atoms with Gasteiger partial charge < -0.3 is 15.2 Å². The molecule has 2 amide bonds. The second-order valence-corrected chi connectivity index (χ2v) is 6.34. The largest absolute Gasteiger partial charge is 0.347 e. The molecule has 1 heterocycles. The highest BCUT2D eigenvalue weighted by molar-refractivity contribution is 5.79. The first kappa shape index (κ1) is 17.1. The Kier molecular flexibility index (Phi) is 5.73. The van der Waals surface area contributed by atoms with Crippen molar-refractivity contribution in [1.82, 2.24) is 15.2 Å². The molecule has 2 N–H and O–H groups in total. The average Bonchev–Trinajstić information content (AvgIpc) is 3.02. The fourth-order valence-corrected chi connectivity index (χ4v) is 3.04. The molecular weight excluding hydrogens is 310 g/mol. The van der Waals surface area contributed by atoms with Gasteiger partial charge in [0.25, 0.3) is 0 Å². The number of nitrogens with zero attached hydrogens (tertiary/aromatic N) is 1. The van der Waals surface area contributed by atoms with Crippen LogP contribution in [0.25, 0.3) is 10.9 Å². The minimum Gasteiger partial charge on any atom is -0.347 e. The maximum Gasteiger partial charge on any atom is 0.314 e. The van der Waals surface area contributed by atoms with E-state index in [1.807, 2.05) is 0 Å². The van der Waals surface area contributed by atoms with Crippen LogP contribution in [0.5, 0.6) is 0 Å². The van der Waals surface area contributed by atoms with E-state index in [-0.39, 0.29) is 6.03 Å². The molecule has 0 atom stereocenters. The molecular formula is C21H25N3O. The number of rotatable bonds is 7. The highest BCUT2D eigenvalue weighted by atomic mass is 16.2. The normalized spacial score (nSPS) is 10.8. The van der Waals surface area contributed by atoms with E-state index in [1.54, 1.807) is 0 Å². The minimum atomic E-state index is -0.0926. The van der Waals surface area contributed by atoms with Crippen molar-refractivity contribution in [3.05, 3.63) is 71.9 Å². The Morgan fingerprint density at radius 2 is 1.84 bits per heavy atom. The lowest BCUT2D eigenvalue weighted by Gasteiger charge is -2.09. The van der Waals surface area contributed by atoms with E-state index in [4.69, 9.17) is 0 Å². The van der Waals surface area contributed by atoms with E-state index < -0.39 is 0 Å². The van der Waals surface area contributed by atoms with Gasteiger partial charge >= 0.3 is 6.03 Å². The highest BCUT2D eigenvalue weighted by Crippen LogP contribution is 2.15. The molecule has 2 aromatic carbocycles. The summed E-state index contributed by atoms with van der Waals surface area (Å²) in [6.07, 6.45) is 3.86. The van der Waals surface area contributed by atoms with Crippen LogP contribution in [0, 0.1) is 6.92 Å². The Bertz CT molecular complexity index is 838. The van der Waals surface area contributed by atoms with Gasteiger partial charge in [0.2, 0.25) is 0 Å². The monoisotopic (exact) mass is 335 g/mol. The fourth-order valence-electron chi connectivity index (χ4n) is 3.04. The van der Waals surface area contributed by atoms with Gasteiger partial charge in [-0.25, -0.2) is 4.79 Å². The van der Waals surface area contributed by atoms with Crippen LogP contribution < -0.4 is 10.6 Å². The third-order valence-electron chi connectivity index (χ3n) is 4.32. The number of para-hydroxylation sites is 1. The molecule has 3 aromatic rings. The molecule has 0 bridgehead atoms. The Morgan fingerprint density at radius 1 is 1.00 bits per heavy atom. The molecule has 130 valence electrons. The van der Waals surface area contributed by atoms with Crippen molar-refractivity contribution in [2.75, 3.05) is 13.1 Å². The van der Waals surface area contributed by atoms with Gasteiger partial charge in [-0.3, -0.25) is 0 Å². The van der Waals surface area contributed by atoms with Crippen molar-refractivity contribution >= 4 is 16.9 Å². The van der Waals surface area contributed by atoms with Crippen LogP contribution in [-0.2, 0) is 13.0 Å². The van der Waals surface area contributed by atoms with Crippen LogP contribution in [0.4, 0.5) is 4.79 Å². The molecule has 0 saturated carbocycles. The summed E-state index contributed by atoms with van der Waals surface area (Å²) in [5.41, 5.74) is 3.74. The van der Waals surface area contributed by atoms with Crippen LogP contribution >= 0.6 is 0 Å². The van der Waals surface area contributed by atoms with E-state index >= 15 is 0 Å². The summed E-state index contributed by atoms with van der Waals surface area (Å²) < 4.78 is 2.23. The van der Waals surface area contributed by atoms with E-state index in [0.717, 1.165) is 19.4 Å². The molecule has 4 heteroatoms. The highest BCUT2D eigenvalue weighted by Gasteiger charge is 2.02. The second kappa shape index (κ2) is 8.38. The van der Waals surface area contributed by atoms with Gasteiger partial charge in [-0.1, -0.05) is 48.0 Å². The van der Waals surface area contributed by atoms with Gasteiger partial charge in [0.1, 0.15) is 0 Å². The molecule has 1 aromatic heterocycles. The third-order valence-corrected chi connectivity index (χ3v) is 4.32. The number of hydrogen-bond acceptors (Lipinski definition) is 1. The SMILES string of the molecule is Cc1cccc(CCNC(=O)NCCCn2ccc3ccccc32)c1. The lowest BCUT2D eigenvalue weighted by Crippen LogP contribution is -2.37. The van der Waals surface area contributed by atoms with Crippen LogP contribution in [-0.4, -0.2) is 23.7 Å².